The van der Waals surface area contributed by atoms with Crippen molar-refractivity contribution in [1.29, 1.82) is 0 Å². The van der Waals surface area contributed by atoms with E-state index in [9.17, 15) is 5.11 Å². The third-order valence-electron chi connectivity index (χ3n) is 3.40. The molecule has 1 unspecified atom stereocenters. The van der Waals surface area contributed by atoms with Crippen molar-refractivity contribution in [2.45, 2.75) is 45.3 Å². The molecule has 1 fully saturated rings. The van der Waals surface area contributed by atoms with Crippen LogP contribution in [0.1, 0.15) is 43.4 Å². The van der Waals surface area contributed by atoms with Gasteiger partial charge >= 0.3 is 0 Å². The Morgan fingerprint density at radius 2 is 2.33 bits per heavy atom. The summed E-state index contributed by atoms with van der Waals surface area (Å²) >= 11 is 0. The van der Waals surface area contributed by atoms with Crippen molar-refractivity contribution in [3.63, 3.8) is 0 Å². The largest absolute Gasteiger partial charge is 0.493 e. The van der Waals surface area contributed by atoms with E-state index in [1.165, 1.54) is 6.42 Å². The molecule has 1 saturated heterocycles. The topological polar surface area (TPSA) is 38.7 Å². The number of aliphatic hydroxyl groups excluding tert-OH is 1. The fourth-order valence-corrected chi connectivity index (χ4v) is 2.27. The Hall–Kier alpha value is -1.06. The van der Waals surface area contributed by atoms with E-state index in [0.717, 1.165) is 36.3 Å². The summed E-state index contributed by atoms with van der Waals surface area (Å²) in [5.41, 5.74) is 2.00. The van der Waals surface area contributed by atoms with Gasteiger partial charge in [-0.2, -0.15) is 0 Å². The molecule has 0 aromatic heterocycles. The molecule has 1 aliphatic rings. The zero-order valence-corrected chi connectivity index (χ0v) is 11.2. The molecule has 1 N–H and O–H groups in total. The average Bonchev–Trinajstić information content (AvgIpc) is 2.84. The number of hydrogen-bond donors (Lipinski definition) is 1. The molecule has 18 heavy (non-hydrogen) atoms. The number of hydrogen-bond acceptors (Lipinski definition) is 3. The molecule has 3 heteroatoms. The molecular weight excluding hydrogens is 228 g/mol. The van der Waals surface area contributed by atoms with Gasteiger partial charge < -0.3 is 14.6 Å². The summed E-state index contributed by atoms with van der Waals surface area (Å²) in [6, 6.07) is 5.83. The zero-order chi connectivity index (χ0) is 13.0. The minimum atomic E-state index is -0.426. The molecule has 0 radical (unpaired) electrons. The Kier molecular flexibility index (Phi) is 4.61. The maximum atomic E-state index is 9.50. The molecule has 100 valence electrons. The Bertz CT molecular complexity index is 381. The van der Waals surface area contributed by atoms with Crippen LogP contribution in [0.2, 0.25) is 0 Å². The highest BCUT2D eigenvalue weighted by molar-refractivity contribution is 5.36. The summed E-state index contributed by atoms with van der Waals surface area (Å²) in [7, 11) is 0. The lowest BCUT2D eigenvalue weighted by Crippen LogP contribution is -2.11. The fourth-order valence-electron chi connectivity index (χ4n) is 2.27. The summed E-state index contributed by atoms with van der Waals surface area (Å²) in [6.07, 6.45) is 3.24. The predicted octanol–water partition coefficient (Wildman–Crippen LogP) is 3.00. The molecule has 0 amide bonds. The van der Waals surface area contributed by atoms with E-state index in [4.69, 9.17) is 9.47 Å². The first kappa shape index (κ1) is 13.4. The first-order valence-electron chi connectivity index (χ1n) is 6.70. The third kappa shape index (κ3) is 3.47. The maximum absolute atomic E-state index is 9.50. The van der Waals surface area contributed by atoms with Crippen molar-refractivity contribution in [2.24, 2.45) is 0 Å². The van der Waals surface area contributed by atoms with Gasteiger partial charge in [0.05, 0.1) is 18.8 Å². The standard InChI is InChI=1S/C15H22O3/c1-11-10-13(12(2)16)5-6-15(11)18-9-7-14-4-3-8-17-14/h5-6,10,12,14,16H,3-4,7-9H2,1-2H3/t12-,14?/m0/s1. The Morgan fingerprint density at radius 1 is 1.50 bits per heavy atom. The third-order valence-corrected chi connectivity index (χ3v) is 3.40. The molecule has 1 heterocycles. The molecule has 0 bridgehead atoms. The summed E-state index contributed by atoms with van der Waals surface area (Å²) in [5, 5.41) is 9.50. The molecule has 1 aliphatic heterocycles. The van der Waals surface area contributed by atoms with E-state index in [1.807, 2.05) is 25.1 Å². The summed E-state index contributed by atoms with van der Waals surface area (Å²) in [5.74, 6) is 0.900. The predicted molar refractivity (Wildman–Crippen MR) is 70.9 cm³/mol. The maximum Gasteiger partial charge on any atom is 0.122 e. The van der Waals surface area contributed by atoms with Crippen molar-refractivity contribution in [2.75, 3.05) is 13.2 Å². The van der Waals surface area contributed by atoms with E-state index in [1.54, 1.807) is 6.92 Å². The molecular formula is C15H22O3. The molecule has 3 nitrogen and oxygen atoms in total. The van der Waals surface area contributed by atoms with Gasteiger partial charge in [-0.3, -0.25) is 0 Å². The van der Waals surface area contributed by atoms with Crippen molar-refractivity contribution in [3.05, 3.63) is 29.3 Å². The van der Waals surface area contributed by atoms with Crippen molar-refractivity contribution in [1.82, 2.24) is 0 Å². The highest BCUT2D eigenvalue weighted by atomic mass is 16.5. The van der Waals surface area contributed by atoms with Crippen molar-refractivity contribution >= 4 is 0 Å². The van der Waals surface area contributed by atoms with Gasteiger partial charge in [0.25, 0.3) is 0 Å². The summed E-state index contributed by atoms with van der Waals surface area (Å²) in [6.45, 7) is 5.37. The second-order valence-corrected chi connectivity index (χ2v) is 4.97. The smallest absolute Gasteiger partial charge is 0.122 e. The van der Waals surface area contributed by atoms with Gasteiger partial charge in [0.15, 0.2) is 0 Å². The lowest BCUT2D eigenvalue weighted by atomic mass is 10.1. The van der Waals surface area contributed by atoms with Gasteiger partial charge in [-0.25, -0.2) is 0 Å². The monoisotopic (exact) mass is 250 g/mol. The number of ether oxygens (including phenoxy) is 2. The van der Waals surface area contributed by atoms with Gasteiger partial charge in [-0.05, 0) is 49.9 Å². The van der Waals surface area contributed by atoms with Gasteiger partial charge in [-0.15, -0.1) is 0 Å². The van der Waals surface area contributed by atoms with Crippen LogP contribution in [0.5, 0.6) is 5.75 Å². The van der Waals surface area contributed by atoms with Crippen molar-refractivity contribution in [3.8, 4) is 5.75 Å². The van der Waals surface area contributed by atoms with Crippen LogP contribution in [0, 0.1) is 6.92 Å². The van der Waals surface area contributed by atoms with Crippen LogP contribution in [-0.2, 0) is 4.74 Å². The molecule has 0 aliphatic carbocycles. The van der Waals surface area contributed by atoms with Crippen molar-refractivity contribution < 1.29 is 14.6 Å². The van der Waals surface area contributed by atoms with E-state index in [0.29, 0.717) is 12.7 Å². The minimum absolute atomic E-state index is 0.377. The lowest BCUT2D eigenvalue weighted by Gasteiger charge is -2.13. The molecule has 2 rings (SSSR count). The van der Waals surface area contributed by atoms with Gasteiger partial charge in [0, 0.05) is 13.0 Å². The second kappa shape index (κ2) is 6.21. The minimum Gasteiger partial charge on any atom is -0.493 e. The van der Waals surface area contributed by atoms with Crippen LogP contribution in [0.3, 0.4) is 0 Å². The van der Waals surface area contributed by atoms with Gasteiger partial charge in [0.2, 0.25) is 0 Å². The van der Waals surface area contributed by atoms with E-state index >= 15 is 0 Å². The van der Waals surface area contributed by atoms with Gasteiger partial charge in [-0.1, -0.05) is 6.07 Å². The number of aliphatic hydroxyl groups is 1. The van der Waals surface area contributed by atoms with E-state index in [2.05, 4.69) is 0 Å². The quantitative estimate of drug-likeness (QED) is 0.873. The summed E-state index contributed by atoms with van der Waals surface area (Å²) in [4.78, 5) is 0. The summed E-state index contributed by atoms with van der Waals surface area (Å²) < 4.78 is 11.3. The fraction of sp³-hybridized carbons (Fsp3) is 0.600. The first-order chi connectivity index (χ1) is 8.66. The SMILES string of the molecule is Cc1cc([C@H](C)O)ccc1OCCC1CCCO1. The van der Waals surface area contributed by atoms with Gasteiger partial charge in [0.1, 0.15) is 5.75 Å². The number of aryl methyl sites for hydroxylation is 1. The normalized spacial score (nSPS) is 20.9. The van der Waals surface area contributed by atoms with Crippen LogP contribution >= 0.6 is 0 Å². The zero-order valence-electron chi connectivity index (χ0n) is 11.2. The Labute approximate surface area is 109 Å². The number of rotatable bonds is 5. The van der Waals surface area contributed by atoms with Crippen LogP contribution in [0.25, 0.3) is 0 Å². The molecule has 0 saturated carbocycles. The second-order valence-electron chi connectivity index (χ2n) is 4.97. The molecule has 1 aromatic carbocycles. The lowest BCUT2D eigenvalue weighted by molar-refractivity contribution is 0.0902. The number of benzene rings is 1. The Balaban J connectivity index is 1.85. The van der Waals surface area contributed by atoms with E-state index in [-0.39, 0.29) is 0 Å². The average molecular weight is 250 g/mol. The highest BCUT2D eigenvalue weighted by Gasteiger charge is 2.15. The molecule has 1 aromatic rings. The molecule has 2 atom stereocenters. The van der Waals surface area contributed by atoms with Crippen LogP contribution < -0.4 is 4.74 Å². The first-order valence-corrected chi connectivity index (χ1v) is 6.70. The highest BCUT2D eigenvalue weighted by Crippen LogP contribution is 2.23. The Morgan fingerprint density at radius 3 is 2.94 bits per heavy atom. The van der Waals surface area contributed by atoms with Crippen LogP contribution in [0.15, 0.2) is 18.2 Å². The van der Waals surface area contributed by atoms with Crippen LogP contribution in [0.4, 0.5) is 0 Å². The molecule has 0 spiro atoms. The van der Waals surface area contributed by atoms with E-state index < -0.39 is 6.10 Å². The van der Waals surface area contributed by atoms with Crippen LogP contribution in [-0.4, -0.2) is 24.4 Å².